The van der Waals surface area contributed by atoms with Crippen molar-refractivity contribution < 1.29 is 0 Å². The summed E-state index contributed by atoms with van der Waals surface area (Å²) in [5.74, 6) is 0.601. The predicted octanol–water partition coefficient (Wildman–Crippen LogP) is 21.1. The Hall–Kier alpha value is -8.46. The highest BCUT2D eigenvalue weighted by Crippen LogP contribution is 2.55. The third-order valence-corrected chi connectivity index (χ3v) is 16.0. The van der Waals surface area contributed by atoms with Crippen LogP contribution in [0.2, 0.25) is 0 Å². The first kappa shape index (κ1) is 47.5. The van der Waals surface area contributed by atoms with Gasteiger partial charge in [0.1, 0.15) is 0 Å². The van der Waals surface area contributed by atoms with Crippen LogP contribution in [0.1, 0.15) is 86.8 Å². The summed E-state index contributed by atoms with van der Waals surface area (Å²) in [6.07, 6.45) is 0. The molecule has 0 N–H and O–H groups in total. The van der Waals surface area contributed by atoms with Crippen LogP contribution in [-0.2, 0) is 5.41 Å². The fraction of sp³-hybridized carbons (Fsp3) is 0.151. The van der Waals surface area contributed by atoms with Crippen LogP contribution < -0.4 is 9.80 Å². The molecule has 0 bridgehead atoms. The van der Waals surface area contributed by atoms with Crippen molar-refractivity contribution in [2.75, 3.05) is 9.80 Å². The van der Waals surface area contributed by atoms with E-state index in [1.807, 2.05) is 0 Å². The zero-order valence-corrected chi connectivity index (χ0v) is 44.5. The molecule has 0 saturated carbocycles. The van der Waals surface area contributed by atoms with Crippen LogP contribution in [0.5, 0.6) is 0 Å². The smallest absolute Gasteiger partial charge is 0.0620 e. The lowest BCUT2D eigenvalue weighted by molar-refractivity contribution is 0.660. The van der Waals surface area contributed by atoms with E-state index < -0.39 is 0 Å². The van der Waals surface area contributed by atoms with E-state index in [9.17, 15) is 0 Å². The molecular formula is C73H64N2. The lowest BCUT2D eigenvalue weighted by atomic mass is 9.82. The molecule has 0 atom stereocenters. The van der Waals surface area contributed by atoms with Gasteiger partial charge in [0.05, 0.1) is 11.4 Å². The summed E-state index contributed by atoms with van der Waals surface area (Å²) in [4.78, 5) is 5.14. The van der Waals surface area contributed by atoms with Crippen LogP contribution in [0, 0.1) is 13.8 Å². The largest absolute Gasteiger partial charge is 0.309 e. The summed E-state index contributed by atoms with van der Waals surface area (Å²) in [7, 11) is 0. The standard InChI is InChI=1S/C73H64N2/c1-47(2)53-34-38-66-67(44-53)71(74(57-28-19-26-55(42-57)51-22-11-9-12-23-51)59-35-39-62(50(6)41-59)61-30-16-15-21-49(61)5)65-37-33-54(48(3)4)45-68(65)72(66)75(58-29-20-27-56(43-58)52-24-13-10-14-25-52)60-36-40-64-63-31-17-18-32-69(63)73(7,8)70(64)46-60/h9-48H,1-8H3. The number of anilines is 6. The maximum Gasteiger partial charge on any atom is 0.0620 e. The van der Waals surface area contributed by atoms with Gasteiger partial charge in [0, 0.05) is 49.7 Å². The molecule has 1 aliphatic rings. The van der Waals surface area contributed by atoms with E-state index in [1.165, 1.54) is 111 Å². The third kappa shape index (κ3) is 8.39. The first-order valence-corrected chi connectivity index (χ1v) is 26.8. The van der Waals surface area contributed by atoms with E-state index in [2.05, 4.69) is 296 Å². The fourth-order valence-electron chi connectivity index (χ4n) is 11.9. The molecule has 0 radical (unpaired) electrons. The van der Waals surface area contributed by atoms with Crippen LogP contribution in [0.4, 0.5) is 34.1 Å². The zero-order valence-electron chi connectivity index (χ0n) is 44.5. The highest BCUT2D eigenvalue weighted by Gasteiger charge is 2.36. The van der Waals surface area contributed by atoms with Gasteiger partial charge in [-0.1, -0.05) is 211 Å². The monoisotopic (exact) mass is 969 g/mol. The molecule has 2 nitrogen and oxygen atoms in total. The molecule has 11 aromatic carbocycles. The molecule has 0 spiro atoms. The molecule has 0 aromatic heterocycles. The number of benzene rings is 11. The van der Waals surface area contributed by atoms with Gasteiger partial charge in [-0.15, -0.1) is 0 Å². The molecule has 2 heteroatoms. The van der Waals surface area contributed by atoms with Crippen molar-refractivity contribution in [1.82, 2.24) is 0 Å². The van der Waals surface area contributed by atoms with E-state index >= 15 is 0 Å². The van der Waals surface area contributed by atoms with Gasteiger partial charge >= 0.3 is 0 Å². The minimum absolute atomic E-state index is 0.188. The molecular weight excluding hydrogens is 905 g/mol. The zero-order chi connectivity index (χ0) is 51.5. The average molecular weight is 969 g/mol. The number of fused-ring (bicyclic) bond motifs is 5. The Morgan fingerprint density at radius 2 is 0.733 bits per heavy atom. The lowest BCUT2D eigenvalue weighted by Crippen LogP contribution is -2.17. The summed E-state index contributed by atoms with van der Waals surface area (Å²) in [5.41, 5.74) is 24.3. The maximum atomic E-state index is 2.58. The minimum Gasteiger partial charge on any atom is -0.309 e. The van der Waals surface area contributed by atoms with Gasteiger partial charge in [0.2, 0.25) is 0 Å². The third-order valence-electron chi connectivity index (χ3n) is 16.0. The Labute approximate surface area is 444 Å². The molecule has 12 rings (SSSR count). The Morgan fingerprint density at radius 3 is 1.25 bits per heavy atom. The number of hydrogen-bond acceptors (Lipinski definition) is 2. The second kappa shape index (κ2) is 19.1. The van der Waals surface area contributed by atoms with Crippen LogP contribution in [0.25, 0.3) is 66.1 Å². The second-order valence-corrected chi connectivity index (χ2v) is 21.8. The number of aryl methyl sites for hydroxylation is 2. The molecule has 0 fully saturated rings. The first-order valence-electron chi connectivity index (χ1n) is 26.8. The summed E-state index contributed by atoms with van der Waals surface area (Å²) < 4.78 is 0. The van der Waals surface area contributed by atoms with E-state index in [0.717, 1.165) is 22.7 Å². The van der Waals surface area contributed by atoms with Crippen molar-refractivity contribution in [2.24, 2.45) is 0 Å². The number of rotatable bonds is 11. The topological polar surface area (TPSA) is 6.48 Å². The number of nitrogens with zero attached hydrogens (tertiary/aromatic N) is 2. The maximum absolute atomic E-state index is 2.58. The van der Waals surface area contributed by atoms with E-state index in [4.69, 9.17) is 0 Å². The molecule has 0 amide bonds. The summed E-state index contributed by atoms with van der Waals surface area (Å²) in [6.45, 7) is 18.5. The SMILES string of the molecule is Cc1ccccc1-c1ccc(N(c2cccc(-c3ccccc3)c2)c2c3ccc(C(C)C)cc3c(N(c3cccc(-c4ccccc4)c3)c3ccc4c(c3)C(C)(C)c3ccccc3-4)c3ccc(C(C)C)cc23)cc1C. The Kier molecular flexibility index (Phi) is 12.1. The van der Waals surface area contributed by atoms with Crippen LogP contribution in [0.3, 0.4) is 0 Å². The van der Waals surface area contributed by atoms with Gasteiger partial charge < -0.3 is 9.80 Å². The van der Waals surface area contributed by atoms with Crippen molar-refractivity contribution >= 4 is 55.7 Å². The summed E-state index contributed by atoms with van der Waals surface area (Å²) in [5, 5.41) is 4.77. The van der Waals surface area contributed by atoms with Crippen LogP contribution >= 0.6 is 0 Å². The molecule has 0 unspecified atom stereocenters. The fourth-order valence-corrected chi connectivity index (χ4v) is 11.9. The second-order valence-electron chi connectivity index (χ2n) is 21.8. The van der Waals surface area contributed by atoms with Gasteiger partial charge in [-0.3, -0.25) is 0 Å². The normalized spacial score (nSPS) is 12.6. The first-order chi connectivity index (χ1) is 36.4. The van der Waals surface area contributed by atoms with Crippen molar-refractivity contribution in [3.63, 3.8) is 0 Å². The van der Waals surface area contributed by atoms with E-state index in [-0.39, 0.29) is 5.41 Å². The van der Waals surface area contributed by atoms with Gasteiger partial charge in [0.25, 0.3) is 0 Å². The molecule has 0 heterocycles. The summed E-state index contributed by atoms with van der Waals surface area (Å²) >= 11 is 0. The molecule has 366 valence electrons. The molecule has 1 aliphatic carbocycles. The Balaban J connectivity index is 1.20. The van der Waals surface area contributed by atoms with Crippen molar-refractivity contribution in [2.45, 2.75) is 72.6 Å². The van der Waals surface area contributed by atoms with Crippen molar-refractivity contribution in [3.05, 3.63) is 264 Å². The van der Waals surface area contributed by atoms with Gasteiger partial charge in [-0.25, -0.2) is 0 Å². The molecule has 0 aliphatic heterocycles. The van der Waals surface area contributed by atoms with E-state index in [1.54, 1.807) is 0 Å². The van der Waals surface area contributed by atoms with Crippen molar-refractivity contribution in [3.8, 4) is 44.5 Å². The minimum atomic E-state index is -0.188. The Morgan fingerprint density at radius 1 is 0.307 bits per heavy atom. The van der Waals surface area contributed by atoms with Gasteiger partial charge in [-0.2, -0.15) is 0 Å². The number of hydrogen-bond donors (Lipinski definition) is 0. The van der Waals surface area contributed by atoms with Crippen LogP contribution in [0.15, 0.2) is 231 Å². The van der Waals surface area contributed by atoms with E-state index in [0.29, 0.717) is 11.8 Å². The Bertz CT molecular complexity index is 3950. The lowest BCUT2D eigenvalue weighted by Gasteiger charge is -2.34. The molecule has 11 aromatic rings. The predicted molar refractivity (Wildman–Crippen MR) is 322 cm³/mol. The highest BCUT2D eigenvalue weighted by atomic mass is 15.2. The highest BCUT2D eigenvalue weighted by molar-refractivity contribution is 6.24. The molecule has 0 saturated heterocycles. The van der Waals surface area contributed by atoms with Crippen LogP contribution in [-0.4, -0.2) is 0 Å². The summed E-state index contributed by atoms with van der Waals surface area (Å²) in [6, 6.07) is 86.6. The van der Waals surface area contributed by atoms with Gasteiger partial charge in [0.15, 0.2) is 0 Å². The quantitative estimate of drug-likeness (QED) is 0.0941. The van der Waals surface area contributed by atoms with Crippen molar-refractivity contribution in [1.29, 1.82) is 0 Å². The average Bonchev–Trinajstić information content (AvgIpc) is 3.73. The van der Waals surface area contributed by atoms with Gasteiger partial charge in [-0.05, 0) is 164 Å². The molecule has 75 heavy (non-hydrogen) atoms.